The molecule has 0 radical (unpaired) electrons. The SMILES string of the molecule is Cc1cnc(C(=O)NCc2nc(C(=O)O)cs2)cn1. The third kappa shape index (κ3) is 3.32. The van der Waals surface area contributed by atoms with Gasteiger partial charge in [0.1, 0.15) is 10.7 Å². The van der Waals surface area contributed by atoms with Gasteiger partial charge < -0.3 is 10.4 Å². The summed E-state index contributed by atoms with van der Waals surface area (Å²) in [4.78, 5) is 34.1. The van der Waals surface area contributed by atoms with Crippen LogP contribution in [0.1, 0.15) is 31.7 Å². The standard InChI is InChI=1S/C11H10N4O3S/c1-6-2-13-7(3-12-6)10(16)14-4-9-15-8(5-19-9)11(17)18/h2-3,5H,4H2,1H3,(H,14,16)(H,17,18). The molecule has 1 amide bonds. The Kier molecular flexibility index (Phi) is 3.81. The number of hydrogen-bond acceptors (Lipinski definition) is 6. The van der Waals surface area contributed by atoms with E-state index in [0.29, 0.717) is 5.01 Å². The van der Waals surface area contributed by atoms with E-state index in [2.05, 4.69) is 20.3 Å². The van der Waals surface area contributed by atoms with Crippen LogP contribution >= 0.6 is 11.3 Å². The van der Waals surface area contributed by atoms with E-state index in [-0.39, 0.29) is 23.8 Å². The van der Waals surface area contributed by atoms with Crippen molar-refractivity contribution in [3.8, 4) is 0 Å². The number of aryl methyl sites for hydroxylation is 1. The molecule has 0 spiro atoms. The van der Waals surface area contributed by atoms with E-state index >= 15 is 0 Å². The number of carboxylic acids is 1. The molecule has 0 saturated heterocycles. The van der Waals surface area contributed by atoms with Crippen molar-refractivity contribution in [2.24, 2.45) is 0 Å². The average Bonchev–Trinajstić information content (AvgIpc) is 2.86. The predicted octanol–water partition coefficient (Wildman–Crippen LogP) is 0.870. The lowest BCUT2D eigenvalue weighted by Crippen LogP contribution is -2.24. The Balaban J connectivity index is 1.96. The van der Waals surface area contributed by atoms with Gasteiger partial charge in [0, 0.05) is 11.6 Å². The van der Waals surface area contributed by atoms with Gasteiger partial charge >= 0.3 is 5.97 Å². The first-order chi connectivity index (χ1) is 9.06. The number of carbonyl (C=O) groups is 2. The molecule has 0 unspecified atom stereocenters. The van der Waals surface area contributed by atoms with Gasteiger partial charge in [-0.1, -0.05) is 0 Å². The first-order valence-corrected chi connectivity index (χ1v) is 6.19. The Bertz CT molecular complexity index is 609. The topological polar surface area (TPSA) is 105 Å². The second-order valence-corrected chi connectivity index (χ2v) is 4.60. The highest BCUT2D eigenvalue weighted by Gasteiger charge is 2.11. The number of rotatable bonds is 4. The Morgan fingerprint density at radius 3 is 2.68 bits per heavy atom. The molecular weight excluding hydrogens is 268 g/mol. The number of aromatic nitrogens is 3. The van der Waals surface area contributed by atoms with Crippen molar-refractivity contribution in [2.45, 2.75) is 13.5 Å². The zero-order valence-corrected chi connectivity index (χ0v) is 10.8. The number of nitrogens with one attached hydrogen (secondary N) is 1. The number of amides is 1. The van der Waals surface area contributed by atoms with Crippen molar-refractivity contribution in [2.75, 3.05) is 0 Å². The predicted molar refractivity (Wildman–Crippen MR) is 67.0 cm³/mol. The summed E-state index contributed by atoms with van der Waals surface area (Å²) >= 11 is 1.17. The largest absolute Gasteiger partial charge is 0.476 e. The maximum absolute atomic E-state index is 11.7. The van der Waals surface area contributed by atoms with Crippen LogP contribution in [0.25, 0.3) is 0 Å². The van der Waals surface area contributed by atoms with Crippen LogP contribution in [-0.4, -0.2) is 31.9 Å². The van der Waals surface area contributed by atoms with Gasteiger partial charge in [0.25, 0.3) is 5.91 Å². The van der Waals surface area contributed by atoms with Crippen molar-refractivity contribution in [1.29, 1.82) is 0 Å². The molecule has 0 atom stereocenters. The Labute approximate surface area is 112 Å². The zero-order chi connectivity index (χ0) is 13.8. The summed E-state index contributed by atoms with van der Waals surface area (Å²) in [5, 5.41) is 13.3. The third-order valence-electron chi connectivity index (χ3n) is 2.18. The number of hydrogen-bond donors (Lipinski definition) is 2. The molecule has 8 heteroatoms. The van der Waals surface area contributed by atoms with Gasteiger partial charge in [-0.25, -0.2) is 14.8 Å². The van der Waals surface area contributed by atoms with Gasteiger partial charge in [0.15, 0.2) is 5.69 Å². The molecule has 19 heavy (non-hydrogen) atoms. The van der Waals surface area contributed by atoms with Crippen molar-refractivity contribution in [3.05, 3.63) is 39.9 Å². The lowest BCUT2D eigenvalue weighted by atomic mass is 10.4. The number of thiazole rings is 1. The van der Waals surface area contributed by atoms with Crippen LogP contribution in [0, 0.1) is 6.92 Å². The summed E-state index contributed by atoms with van der Waals surface area (Å²) in [6.07, 6.45) is 2.88. The fourth-order valence-corrected chi connectivity index (χ4v) is 1.95. The Hall–Kier alpha value is -2.35. The number of aromatic carboxylic acids is 1. The molecule has 0 saturated carbocycles. The first kappa shape index (κ1) is 13.1. The summed E-state index contributed by atoms with van der Waals surface area (Å²) in [5.74, 6) is -1.46. The average molecular weight is 278 g/mol. The van der Waals surface area contributed by atoms with Crippen molar-refractivity contribution >= 4 is 23.2 Å². The van der Waals surface area contributed by atoms with Gasteiger partial charge in [-0.05, 0) is 6.92 Å². The van der Waals surface area contributed by atoms with E-state index in [1.807, 2.05) is 0 Å². The van der Waals surface area contributed by atoms with E-state index in [0.717, 1.165) is 5.69 Å². The molecule has 7 nitrogen and oxygen atoms in total. The maximum atomic E-state index is 11.7. The number of nitrogens with zero attached hydrogens (tertiary/aromatic N) is 3. The van der Waals surface area contributed by atoms with Gasteiger partial charge in [0.2, 0.25) is 0 Å². The highest BCUT2D eigenvalue weighted by Crippen LogP contribution is 2.09. The highest BCUT2D eigenvalue weighted by molar-refractivity contribution is 7.09. The third-order valence-corrected chi connectivity index (χ3v) is 3.03. The highest BCUT2D eigenvalue weighted by atomic mass is 32.1. The minimum atomic E-state index is -1.08. The van der Waals surface area contributed by atoms with Crippen LogP contribution in [0.2, 0.25) is 0 Å². The van der Waals surface area contributed by atoms with Gasteiger partial charge in [-0.2, -0.15) is 0 Å². The normalized spacial score (nSPS) is 10.2. The monoisotopic (exact) mass is 278 g/mol. The van der Waals surface area contributed by atoms with Crippen LogP contribution in [0.15, 0.2) is 17.8 Å². The van der Waals surface area contributed by atoms with Gasteiger partial charge in [-0.15, -0.1) is 11.3 Å². The zero-order valence-electron chi connectivity index (χ0n) is 9.95. The van der Waals surface area contributed by atoms with Crippen LogP contribution in [0.5, 0.6) is 0 Å². The summed E-state index contributed by atoms with van der Waals surface area (Å²) < 4.78 is 0. The summed E-state index contributed by atoms with van der Waals surface area (Å²) in [5.41, 5.74) is 0.910. The Morgan fingerprint density at radius 1 is 1.32 bits per heavy atom. The molecule has 0 bridgehead atoms. The van der Waals surface area contributed by atoms with Crippen molar-refractivity contribution < 1.29 is 14.7 Å². The summed E-state index contributed by atoms with van der Waals surface area (Å²) in [6.45, 7) is 1.93. The van der Waals surface area contributed by atoms with Crippen molar-refractivity contribution in [3.63, 3.8) is 0 Å². The van der Waals surface area contributed by atoms with Crippen LogP contribution in [0.4, 0.5) is 0 Å². The molecule has 98 valence electrons. The smallest absolute Gasteiger partial charge is 0.355 e. The van der Waals surface area contributed by atoms with Gasteiger partial charge in [0.05, 0.1) is 18.4 Å². The van der Waals surface area contributed by atoms with Crippen LogP contribution < -0.4 is 5.32 Å². The molecule has 2 rings (SSSR count). The lowest BCUT2D eigenvalue weighted by Gasteiger charge is -2.01. The molecule has 0 aromatic carbocycles. The summed E-state index contributed by atoms with van der Waals surface area (Å²) in [6, 6.07) is 0. The number of carboxylic acid groups (broad SMARTS) is 1. The van der Waals surface area contributed by atoms with E-state index in [9.17, 15) is 9.59 Å². The maximum Gasteiger partial charge on any atom is 0.355 e. The van der Waals surface area contributed by atoms with E-state index in [1.165, 1.54) is 29.1 Å². The second-order valence-electron chi connectivity index (χ2n) is 3.66. The fraction of sp³-hybridized carbons (Fsp3) is 0.182. The lowest BCUT2D eigenvalue weighted by molar-refractivity contribution is 0.0691. The Morgan fingerprint density at radius 2 is 2.11 bits per heavy atom. The quantitative estimate of drug-likeness (QED) is 0.859. The van der Waals surface area contributed by atoms with E-state index < -0.39 is 5.97 Å². The van der Waals surface area contributed by atoms with Crippen LogP contribution in [-0.2, 0) is 6.54 Å². The molecule has 0 fully saturated rings. The minimum absolute atomic E-state index is 0.0237. The van der Waals surface area contributed by atoms with E-state index in [4.69, 9.17) is 5.11 Å². The fourth-order valence-electron chi connectivity index (χ4n) is 1.25. The second kappa shape index (κ2) is 5.53. The molecule has 0 aliphatic rings. The van der Waals surface area contributed by atoms with Crippen LogP contribution in [0.3, 0.4) is 0 Å². The van der Waals surface area contributed by atoms with Crippen molar-refractivity contribution in [1.82, 2.24) is 20.3 Å². The molecular formula is C11H10N4O3S. The first-order valence-electron chi connectivity index (χ1n) is 5.31. The summed E-state index contributed by atoms with van der Waals surface area (Å²) in [7, 11) is 0. The molecule has 0 aliphatic carbocycles. The molecule has 0 aliphatic heterocycles. The number of carbonyl (C=O) groups excluding carboxylic acids is 1. The van der Waals surface area contributed by atoms with E-state index in [1.54, 1.807) is 6.92 Å². The molecule has 2 aromatic rings. The molecule has 2 N–H and O–H groups in total. The van der Waals surface area contributed by atoms with Gasteiger partial charge in [-0.3, -0.25) is 9.78 Å². The molecule has 2 aromatic heterocycles. The minimum Gasteiger partial charge on any atom is -0.476 e. The molecule has 2 heterocycles.